The fraction of sp³-hybridized carbons (Fsp3) is 0.0952. The highest BCUT2D eigenvalue weighted by Gasteiger charge is 2.12. The van der Waals surface area contributed by atoms with Crippen molar-refractivity contribution in [2.24, 2.45) is 0 Å². The molecule has 0 radical (unpaired) electrons. The molecule has 0 aliphatic heterocycles. The van der Waals surface area contributed by atoms with Gasteiger partial charge in [-0.05, 0) is 30.7 Å². The Morgan fingerprint density at radius 1 is 1.04 bits per heavy atom. The summed E-state index contributed by atoms with van der Waals surface area (Å²) in [7, 11) is 0. The van der Waals surface area contributed by atoms with Gasteiger partial charge in [0.15, 0.2) is 0 Å². The summed E-state index contributed by atoms with van der Waals surface area (Å²) < 4.78 is 6.99. The Hall–Kier alpha value is -3.18. The predicted octanol–water partition coefficient (Wildman–Crippen LogP) is 4.58. The van der Waals surface area contributed by atoms with E-state index in [4.69, 9.17) is 16.1 Å². The maximum absolute atomic E-state index is 12.2. The van der Waals surface area contributed by atoms with Crippen LogP contribution in [-0.4, -0.2) is 14.7 Å². The van der Waals surface area contributed by atoms with Crippen molar-refractivity contribution < 1.29 is 4.52 Å². The van der Waals surface area contributed by atoms with E-state index in [1.54, 1.807) is 22.9 Å². The molecule has 6 heteroatoms. The van der Waals surface area contributed by atoms with Gasteiger partial charge in [0, 0.05) is 22.8 Å². The first-order valence-corrected chi connectivity index (χ1v) is 8.83. The molecule has 27 heavy (non-hydrogen) atoms. The minimum absolute atomic E-state index is 0.128. The third kappa shape index (κ3) is 3.68. The van der Waals surface area contributed by atoms with Gasteiger partial charge in [0.1, 0.15) is 0 Å². The van der Waals surface area contributed by atoms with Crippen LogP contribution in [0.15, 0.2) is 76.2 Å². The average Bonchev–Trinajstić information content (AvgIpc) is 3.15. The highest BCUT2D eigenvalue weighted by atomic mass is 35.5. The highest BCUT2D eigenvalue weighted by molar-refractivity contribution is 6.31. The average molecular weight is 378 g/mol. The van der Waals surface area contributed by atoms with E-state index in [0.717, 1.165) is 16.7 Å². The lowest BCUT2D eigenvalue weighted by Gasteiger charge is -2.08. The third-order valence-corrected chi connectivity index (χ3v) is 4.60. The smallest absolute Gasteiger partial charge is 0.259 e. The molecular weight excluding hydrogens is 362 g/mol. The number of pyridine rings is 1. The summed E-state index contributed by atoms with van der Waals surface area (Å²) in [5, 5.41) is 4.68. The van der Waals surface area contributed by atoms with Crippen LogP contribution >= 0.6 is 11.6 Å². The van der Waals surface area contributed by atoms with Gasteiger partial charge < -0.3 is 9.09 Å². The van der Waals surface area contributed by atoms with Crippen LogP contribution < -0.4 is 5.56 Å². The molecule has 2 heterocycles. The number of benzene rings is 2. The number of hydrogen-bond donors (Lipinski definition) is 0. The molecule has 4 rings (SSSR count). The molecule has 0 N–H and O–H groups in total. The second-order valence-corrected chi connectivity index (χ2v) is 6.68. The molecule has 0 saturated heterocycles. The van der Waals surface area contributed by atoms with Gasteiger partial charge in [0.2, 0.25) is 5.82 Å². The number of aryl methyl sites for hydroxylation is 1. The Kier molecular flexibility index (Phi) is 4.60. The lowest BCUT2D eigenvalue weighted by atomic mass is 10.1. The molecular formula is C21H16ClN3O2. The van der Waals surface area contributed by atoms with E-state index in [0.29, 0.717) is 28.8 Å². The van der Waals surface area contributed by atoms with Crippen LogP contribution in [-0.2, 0) is 6.54 Å². The van der Waals surface area contributed by atoms with E-state index in [2.05, 4.69) is 10.1 Å². The second kappa shape index (κ2) is 7.21. The Balaban J connectivity index is 1.67. The molecule has 0 aliphatic carbocycles. The van der Waals surface area contributed by atoms with Crippen LogP contribution in [0.3, 0.4) is 0 Å². The molecule has 134 valence electrons. The third-order valence-electron chi connectivity index (χ3n) is 4.23. The summed E-state index contributed by atoms with van der Waals surface area (Å²) in [6.45, 7) is 2.38. The molecule has 5 nitrogen and oxygen atoms in total. The molecule has 0 unspecified atom stereocenters. The van der Waals surface area contributed by atoms with Crippen molar-refractivity contribution in [3.05, 3.63) is 93.4 Å². The molecule has 2 aromatic heterocycles. The normalized spacial score (nSPS) is 10.9. The second-order valence-electron chi connectivity index (χ2n) is 6.27. The highest BCUT2D eigenvalue weighted by Crippen LogP contribution is 2.22. The van der Waals surface area contributed by atoms with Crippen molar-refractivity contribution in [3.63, 3.8) is 0 Å². The first-order valence-electron chi connectivity index (χ1n) is 8.45. The van der Waals surface area contributed by atoms with E-state index < -0.39 is 0 Å². The minimum atomic E-state index is -0.128. The van der Waals surface area contributed by atoms with Crippen LogP contribution in [0, 0.1) is 6.92 Å². The van der Waals surface area contributed by atoms with Crippen LogP contribution in [0.2, 0.25) is 5.02 Å². The lowest BCUT2D eigenvalue weighted by molar-refractivity contribution is 0.432. The number of aromatic nitrogens is 3. The van der Waals surface area contributed by atoms with Gasteiger partial charge in [0.05, 0.1) is 12.1 Å². The topological polar surface area (TPSA) is 60.9 Å². The lowest BCUT2D eigenvalue weighted by Crippen LogP contribution is -2.19. The number of halogens is 1. The van der Waals surface area contributed by atoms with Gasteiger partial charge in [-0.2, -0.15) is 4.98 Å². The number of rotatable bonds is 4. The Bertz CT molecular complexity index is 1160. The van der Waals surface area contributed by atoms with Gasteiger partial charge in [0.25, 0.3) is 11.4 Å². The van der Waals surface area contributed by atoms with Crippen molar-refractivity contribution in [2.45, 2.75) is 13.5 Å². The molecule has 0 amide bonds. The minimum Gasteiger partial charge on any atom is -0.334 e. The summed E-state index contributed by atoms with van der Waals surface area (Å²) in [4.78, 5) is 16.7. The molecule has 0 spiro atoms. The largest absolute Gasteiger partial charge is 0.334 e. The molecule has 0 saturated carbocycles. The van der Waals surface area contributed by atoms with Gasteiger partial charge in [-0.1, -0.05) is 58.7 Å². The number of nitrogens with zero attached hydrogens (tertiary/aromatic N) is 3. The summed E-state index contributed by atoms with van der Waals surface area (Å²) in [6, 6.07) is 18.5. The van der Waals surface area contributed by atoms with E-state index in [-0.39, 0.29) is 5.56 Å². The van der Waals surface area contributed by atoms with Crippen molar-refractivity contribution in [3.8, 4) is 22.8 Å². The quantitative estimate of drug-likeness (QED) is 0.522. The Morgan fingerprint density at radius 3 is 2.70 bits per heavy atom. The Morgan fingerprint density at radius 2 is 1.89 bits per heavy atom. The zero-order chi connectivity index (χ0) is 18.8. The van der Waals surface area contributed by atoms with Crippen molar-refractivity contribution >= 4 is 11.6 Å². The zero-order valence-electron chi connectivity index (χ0n) is 14.6. The van der Waals surface area contributed by atoms with Crippen LogP contribution in [0.4, 0.5) is 0 Å². The molecule has 0 atom stereocenters. The van der Waals surface area contributed by atoms with E-state index in [1.807, 2.05) is 49.4 Å². The summed E-state index contributed by atoms with van der Waals surface area (Å²) in [5.41, 5.74) is 3.41. The Labute approximate surface area is 160 Å². The monoisotopic (exact) mass is 377 g/mol. The van der Waals surface area contributed by atoms with Crippen molar-refractivity contribution in [2.75, 3.05) is 0 Å². The van der Waals surface area contributed by atoms with Gasteiger partial charge in [-0.25, -0.2) is 0 Å². The predicted molar refractivity (Wildman–Crippen MR) is 105 cm³/mol. The maximum Gasteiger partial charge on any atom is 0.259 e. The van der Waals surface area contributed by atoms with E-state index in [9.17, 15) is 4.79 Å². The van der Waals surface area contributed by atoms with Crippen molar-refractivity contribution in [1.82, 2.24) is 14.7 Å². The summed E-state index contributed by atoms with van der Waals surface area (Å²) in [5.74, 6) is 0.872. The van der Waals surface area contributed by atoms with E-state index >= 15 is 0 Å². The molecule has 4 aromatic rings. The molecule has 0 aliphatic rings. The SMILES string of the molecule is Cc1cccc(-c2noc(-c3ccc(=O)n(Cc4ccccc4Cl)c3)n2)c1. The van der Waals surface area contributed by atoms with Crippen LogP contribution in [0.5, 0.6) is 0 Å². The fourth-order valence-corrected chi connectivity index (χ4v) is 3.03. The van der Waals surface area contributed by atoms with Crippen molar-refractivity contribution in [1.29, 1.82) is 0 Å². The summed E-state index contributed by atoms with van der Waals surface area (Å²) in [6.07, 6.45) is 1.71. The van der Waals surface area contributed by atoms with Gasteiger partial charge in [-0.3, -0.25) is 4.79 Å². The van der Waals surface area contributed by atoms with Gasteiger partial charge >= 0.3 is 0 Å². The molecule has 0 fully saturated rings. The van der Waals surface area contributed by atoms with Crippen LogP contribution in [0.25, 0.3) is 22.8 Å². The molecule has 0 bridgehead atoms. The fourth-order valence-electron chi connectivity index (χ4n) is 2.83. The maximum atomic E-state index is 12.2. The van der Waals surface area contributed by atoms with E-state index in [1.165, 1.54) is 6.07 Å². The zero-order valence-corrected chi connectivity index (χ0v) is 15.3. The first kappa shape index (κ1) is 17.2. The van der Waals surface area contributed by atoms with Crippen LogP contribution in [0.1, 0.15) is 11.1 Å². The number of hydrogen-bond acceptors (Lipinski definition) is 4. The standard InChI is InChI=1S/C21H16ClN3O2/c1-14-5-4-7-15(11-14)20-23-21(27-24-20)17-9-10-19(26)25(13-17)12-16-6-2-3-8-18(16)22/h2-11,13H,12H2,1H3. The van der Waals surface area contributed by atoms with Gasteiger partial charge in [-0.15, -0.1) is 0 Å². The molecule has 2 aromatic carbocycles. The first-order chi connectivity index (χ1) is 13.1. The summed E-state index contributed by atoms with van der Waals surface area (Å²) >= 11 is 6.21.